The largest absolute Gasteiger partial charge is 0.451 e. The third-order valence-electron chi connectivity index (χ3n) is 4.67. The van der Waals surface area contributed by atoms with E-state index in [4.69, 9.17) is 4.42 Å². The highest BCUT2D eigenvalue weighted by molar-refractivity contribution is 6.06. The van der Waals surface area contributed by atoms with E-state index in [1.54, 1.807) is 30.3 Å². The van der Waals surface area contributed by atoms with Crippen molar-refractivity contribution >= 4 is 34.2 Å². The number of carbonyl (C=O) groups is 2. The summed E-state index contributed by atoms with van der Waals surface area (Å²) < 4.78 is 5.57. The van der Waals surface area contributed by atoms with Gasteiger partial charge in [-0.1, -0.05) is 37.3 Å². The fourth-order valence-corrected chi connectivity index (χ4v) is 3.02. The van der Waals surface area contributed by atoms with Crippen LogP contribution in [-0.2, 0) is 6.42 Å². The summed E-state index contributed by atoms with van der Waals surface area (Å²) >= 11 is 0. The van der Waals surface area contributed by atoms with Crippen LogP contribution in [0.1, 0.15) is 33.4 Å². The minimum Gasteiger partial charge on any atom is -0.451 e. The molecule has 144 valence electrons. The molecule has 4 aromatic rings. The molecule has 0 aliphatic rings. The quantitative estimate of drug-likeness (QED) is 0.477. The van der Waals surface area contributed by atoms with Crippen molar-refractivity contribution in [3.05, 3.63) is 95.7 Å². The summed E-state index contributed by atoms with van der Waals surface area (Å²) in [5.41, 5.74) is 3.72. The summed E-state index contributed by atoms with van der Waals surface area (Å²) in [5.74, 6) is -0.250. The first-order chi connectivity index (χ1) is 14.1. The summed E-state index contributed by atoms with van der Waals surface area (Å²) in [6, 6.07) is 23.7. The van der Waals surface area contributed by atoms with Crippen molar-refractivity contribution in [2.75, 3.05) is 10.6 Å². The standard InChI is InChI=1S/C24H20N2O3/c1-2-16-7-9-17(10-8-16)23(27)25-19-11-13-20(14-12-19)26-24(28)22-15-18-5-3-4-6-21(18)29-22/h3-15H,2H2,1H3,(H,25,27)(H,26,28). The molecule has 4 rings (SSSR count). The van der Waals surface area contributed by atoms with Crippen LogP contribution in [0.3, 0.4) is 0 Å². The molecule has 0 aliphatic heterocycles. The van der Waals surface area contributed by atoms with Crippen LogP contribution in [0.15, 0.2) is 83.3 Å². The Morgan fingerprint density at radius 2 is 1.41 bits per heavy atom. The van der Waals surface area contributed by atoms with Crippen LogP contribution in [0.2, 0.25) is 0 Å². The molecule has 0 saturated heterocycles. The normalized spacial score (nSPS) is 10.7. The van der Waals surface area contributed by atoms with Gasteiger partial charge in [0.25, 0.3) is 11.8 Å². The van der Waals surface area contributed by atoms with E-state index < -0.39 is 0 Å². The Labute approximate surface area is 168 Å². The van der Waals surface area contributed by atoms with E-state index >= 15 is 0 Å². The third kappa shape index (κ3) is 4.19. The molecule has 0 saturated carbocycles. The molecule has 5 heteroatoms. The SMILES string of the molecule is CCc1ccc(C(=O)Nc2ccc(NC(=O)c3cc4ccccc4o3)cc2)cc1. The highest BCUT2D eigenvalue weighted by Gasteiger charge is 2.12. The van der Waals surface area contributed by atoms with Gasteiger partial charge in [-0.2, -0.15) is 0 Å². The van der Waals surface area contributed by atoms with Gasteiger partial charge in [0.1, 0.15) is 5.58 Å². The number of fused-ring (bicyclic) bond motifs is 1. The zero-order valence-electron chi connectivity index (χ0n) is 15.9. The first-order valence-electron chi connectivity index (χ1n) is 9.42. The van der Waals surface area contributed by atoms with Gasteiger partial charge >= 0.3 is 0 Å². The first-order valence-corrected chi connectivity index (χ1v) is 9.42. The van der Waals surface area contributed by atoms with Gasteiger partial charge in [0.2, 0.25) is 0 Å². The fourth-order valence-electron chi connectivity index (χ4n) is 3.02. The lowest BCUT2D eigenvalue weighted by molar-refractivity contribution is 0.0996. The summed E-state index contributed by atoms with van der Waals surface area (Å²) in [5, 5.41) is 6.53. The second-order valence-electron chi connectivity index (χ2n) is 6.68. The van der Waals surface area contributed by atoms with E-state index in [1.165, 1.54) is 5.56 Å². The molecule has 0 aliphatic carbocycles. The van der Waals surface area contributed by atoms with Crippen molar-refractivity contribution in [3.8, 4) is 0 Å². The maximum atomic E-state index is 12.4. The summed E-state index contributed by atoms with van der Waals surface area (Å²) in [6.45, 7) is 2.07. The summed E-state index contributed by atoms with van der Waals surface area (Å²) in [4.78, 5) is 24.8. The Balaban J connectivity index is 1.40. The van der Waals surface area contributed by atoms with Gasteiger partial charge in [-0.25, -0.2) is 0 Å². The van der Waals surface area contributed by atoms with Crippen molar-refractivity contribution in [2.24, 2.45) is 0 Å². The molecule has 0 bridgehead atoms. The number of carbonyl (C=O) groups excluding carboxylic acids is 2. The van der Waals surface area contributed by atoms with Gasteiger partial charge in [-0.15, -0.1) is 0 Å². The number of amides is 2. The number of hydrogen-bond acceptors (Lipinski definition) is 3. The molecule has 29 heavy (non-hydrogen) atoms. The Kier molecular flexibility index (Phi) is 5.12. The summed E-state index contributed by atoms with van der Waals surface area (Å²) in [6.07, 6.45) is 0.934. The Morgan fingerprint density at radius 3 is 2.03 bits per heavy atom. The zero-order chi connectivity index (χ0) is 20.2. The minimum atomic E-state index is -0.325. The molecule has 2 N–H and O–H groups in total. The first kappa shape index (κ1) is 18.5. The maximum absolute atomic E-state index is 12.4. The van der Waals surface area contributed by atoms with Crippen LogP contribution in [-0.4, -0.2) is 11.8 Å². The smallest absolute Gasteiger partial charge is 0.291 e. The highest BCUT2D eigenvalue weighted by atomic mass is 16.3. The highest BCUT2D eigenvalue weighted by Crippen LogP contribution is 2.21. The van der Waals surface area contributed by atoms with Crippen molar-refractivity contribution in [2.45, 2.75) is 13.3 Å². The number of para-hydroxylation sites is 1. The maximum Gasteiger partial charge on any atom is 0.291 e. The van der Waals surface area contributed by atoms with Gasteiger partial charge in [-0.05, 0) is 60.5 Å². The van der Waals surface area contributed by atoms with E-state index in [2.05, 4.69) is 17.6 Å². The molecular formula is C24H20N2O3. The van der Waals surface area contributed by atoms with E-state index in [0.29, 0.717) is 22.5 Å². The molecule has 0 fully saturated rings. The Hall–Kier alpha value is -3.86. The van der Waals surface area contributed by atoms with Crippen LogP contribution >= 0.6 is 0 Å². The number of aryl methyl sites for hydroxylation is 1. The second-order valence-corrected chi connectivity index (χ2v) is 6.68. The van der Waals surface area contributed by atoms with E-state index in [1.807, 2.05) is 48.5 Å². The lowest BCUT2D eigenvalue weighted by Crippen LogP contribution is -2.13. The molecule has 5 nitrogen and oxygen atoms in total. The van der Waals surface area contributed by atoms with Crippen molar-refractivity contribution in [1.29, 1.82) is 0 Å². The molecule has 2 amide bonds. The lowest BCUT2D eigenvalue weighted by atomic mass is 10.1. The lowest BCUT2D eigenvalue weighted by Gasteiger charge is -2.08. The number of rotatable bonds is 5. The van der Waals surface area contributed by atoms with Gasteiger partial charge in [0.15, 0.2) is 5.76 Å². The number of anilines is 2. The monoisotopic (exact) mass is 384 g/mol. The molecule has 0 unspecified atom stereocenters. The van der Waals surface area contributed by atoms with Crippen LogP contribution < -0.4 is 10.6 Å². The van der Waals surface area contributed by atoms with Crippen molar-refractivity contribution in [3.63, 3.8) is 0 Å². The Morgan fingerprint density at radius 1 is 0.793 bits per heavy atom. The fraction of sp³-hybridized carbons (Fsp3) is 0.0833. The minimum absolute atomic E-state index is 0.174. The molecule has 0 atom stereocenters. The average Bonchev–Trinajstić information content (AvgIpc) is 3.20. The van der Waals surface area contributed by atoms with Crippen molar-refractivity contribution in [1.82, 2.24) is 0 Å². The van der Waals surface area contributed by atoms with E-state index in [-0.39, 0.29) is 17.6 Å². The molecule has 0 radical (unpaired) electrons. The van der Waals surface area contributed by atoms with E-state index in [9.17, 15) is 9.59 Å². The predicted octanol–water partition coefficient (Wildman–Crippen LogP) is 5.50. The number of furan rings is 1. The average molecular weight is 384 g/mol. The van der Waals surface area contributed by atoms with Gasteiger partial charge in [0, 0.05) is 22.3 Å². The number of hydrogen-bond donors (Lipinski definition) is 2. The summed E-state index contributed by atoms with van der Waals surface area (Å²) in [7, 11) is 0. The second kappa shape index (κ2) is 8.02. The van der Waals surface area contributed by atoms with Crippen LogP contribution in [0.5, 0.6) is 0 Å². The zero-order valence-corrected chi connectivity index (χ0v) is 15.9. The molecule has 3 aromatic carbocycles. The van der Waals surface area contributed by atoms with Crippen LogP contribution in [0.4, 0.5) is 11.4 Å². The third-order valence-corrected chi connectivity index (χ3v) is 4.67. The topological polar surface area (TPSA) is 71.3 Å². The molecule has 1 heterocycles. The van der Waals surface area contributed by atoms with Gasteiger partial charge in [0.05, 0.1) is 0 Å². The van der Waals surface area contributed by atoms with Crippen molar-refractivity contribution < 1.29 is 14.0 Å². The molecule has 1 aromatic heterocycles. The predicted molar refractivity (Wildman–Crippen MR) is 114 cm³/mol. The molecule has 0 spiro atoms. The number of nitrogens with one attached hydrogen (secondary N) is 2. The van der Waals surface area contributed by atoms with E-state index in [0.717, 1.165) is 11.8 Å². The number of benzene rings is 3. The molecular weight excluding hydrogens is 364 g/mol. The van der Waals surface area contributed by atoms with Gasteiger partial charge in [-0.3, -0.25) is 9.59 Å². The van der Waals surface area contributed by atoms with Gasteiger partial charge < -0.3 is 15.1 Å². The van der Waals surface area contributed by atoms with Crippen LogP contribution in [0, 0.1) is 0 Å². The van der Waals surface area contributed by atoms with Crippen LogP contribution in [0.25, 0.3) is 11.0 Å². The Bertz CT molecular complexity index is 1130.